The van der Waals surface area contributed by atoms with Gasteiger partial charge in [0, 0.05) is 6.54 Å². The second-order valence-electron chi connectivity index (χ2n) is 5.07. The lowest BCUT2D eigenvalue weighted by Gasteiger charge is -2.12. The van der Waals surface area contributed by atoms with Crippen LogP contribution in [0.5, 0.6) is 11.5 Å². The predicted molar refractivity (Wildman–Crippen MR) is 98.3 cm³/mol. The van der Waals surface area contributed by atoms with Crippen LogP contribution in [0.1, 0.15) is 12.0 Å². The third kappa shape index (κ3) is 4.96. The number of ether oxygens (including phenoxy) is 2. The van der Waals surface area contributed by atoms with E-state index >= 15 is 0 Å². The van der Waals surface area contributed by atoms with Crippen molar-refractivity contribution in [3.8, 4) is 11.5 Å². The maximum Gasteiger partial charge on any atom is 0.341 e. The van der Waals surface area contributed by atoms with Crippen molar-refractivity contribution >= 4 is 52.2 Å². The summed E-state index contributed by atoms with van der Waals surface area (Å²) < 4.78 is 10.6. The summed E-state index contributed by atoms with van der Waals surface area (Å²) >= 11 is 6.21. The number of thiocarbonyl (C=S) groups is 1. The predicted octanol–water partition coefficient (Wildman–Crippen LogP) is 1.83. The smallest absolute Gasteiger partial charge is 0.341 e. The number of carbonyl (C=O) groups is 3. The summed E-state index contributed by atoms with van der Waals surface area (Å²) in [6, 6.07) is 4.78. The Kier molecular flexibility index (Phi) is 6.58. The molecule has 0 aromatic heterocycles. The highest BCUT2D eigenvalue weighted by Crippen LogP contribution is 2.34. The summed E-state index contributed by atoms with van der Waals surface area (Å²) in [5, 5.41) is 17.4. The van der Waals surface area contributed by atoms with Crippen molar-refractivity contribution < 1.29 is 34.1 Å². The second-order valence-corrected chi connectivity index (χ2v) is 6.75. The van der Waals surface area contributed by atoms with Gasteiger partial charge in [-0.1, -0.05) is 30.0 Å². The highest BCUT2D eigenvalue weighted by Gasteiger charge is 2.32. The molecule has 1 saturated heterocycles. The summed E-state index contributed by atoms with van der Waals surface area (Å²) in [5.74, 6) is -1.89. The summed E-state index contributed by atoms with van der Waals surface area (Å²) in [5.41, 5.74) is 0.628. The van der Waals surface area contributed by atoms with Crippen molar-refractivity contribution in [1.82, 2.24) is 4.90 Å². The molecule has 0 spiro atoms. The summed E-state index contributed by atoms with van der Waals surface area (Å²) in [4.78, 5) is 35.2. The van der Waals surface area contributed by atoms with Gasteiger partial charge in [-0.3, -0.25) is 14.5 Å². The number of thioether (sulfide) groups is 1. The quantitative estimate of drug-likeness (QED) is 0.501. The molecule has 138 valence electrons. The number of aliphatic carboxylic acids is 2. The molecule has 1 fully saturated rings. The van der Waals surface area contributed by atoms with Crippen molar-refractivity contribution in [1.29, 1.82) is 0 Å². The van der Waals surface area contributed by atoms with E-state index in [0.717, 1.165) is 11.8 Å². The van der Waals surface area contributed by atoms with E-state index in [-0.39, 0.29) is 24.6 Å². The molecule has 8 nitrogen and oxygen atoms in total. The van der Waals surface area contributed by atoms with Crippen molar-refractivity contribution in [2.45, 2.75) is 6.42 Å². The Morgan fingerprint density at radius 1 is 1.27 bits per heavy atom. The summed E-state index contributed by atoms with van der Waals surface area (Å²) in [6.07, 6.45) is 1.41. The van der Waals surface area contributed by atoms with Gasteiger partial charge in [-0.2, -0.15) is 0 Å². The molecule has 0 bridgehead atoms. The number of hydrogen-bond donors (Lipinski definition) is 2. The third-order valence-corrected chi connectivity index (χ3v) is 4.64. The molecule has 0 unspecified atom stereocenters. The van der Waals surface area contributed by atoms with E-state index in [1.807, 2.05) is 0 Å². The average molecular weight is 397 g/mol. The topological polar surface area (TPSA) is 113 Å². The SMILES string of the molecule is COc1cc(/C=C2\SC(=S)N(CCC(=O)O)C2=O)ccc1OCC(=O)O. The zero-order chi connectivity index (χ0) is 19.3. The number of hydrogen-bond acceptors (Lipinski definition) is 7. The van der Waals surface area contributed by atoms with E-state index in [9.17, 15) is 14.4 Å². The van der Waals surface area contributed by atoms with E-state index in [0.29, 0.717) is 20.5 Å². The molecule has 2 N–H and O–H groups in total. The fourth-order valence-electron chi connectivity index (χ4n) is 2.08. The minimum absolute atomic E-state index is 0.0165. The minimum atomic E-state index is -1.11. The summed E-state index contributed by atoms with van der Waals surface area (Å²) in [6.45, 7) is -0.486. The van der Waals surface area contributed by atoms with E-state index in [1.54, 1.807) is 24.3 Å². The van der Waals surface area contributed by atoms with E-state index in [1.165, 1.54) is 12.0 Å². The van der Waals surface area contributed by atoms with Gasteiger partial charge >= 0.3 is 11.9 Å². The Hall–Kier alpha value is -2.59. The van der Waals surface area contributed by atoms with Crippen LogP contribution in [-0.4, -0.2) is 57.5 Å². The lowest BCUT2D eigenvalue weighted by molar-refractivity contribution is -0.139. The first-order valence-electron chi connectivity index (χ1n) is 7.31. The molecule has 1 aliphatic rings. The van der Waals surface area contributed by atoms with Crippen LogP contribution >= 0.6 is 24.0 Å². The van der Waals surface area contributed by atoms with E-state index in [4.69, 9.17) is 31.9 Å². The fourth-order valence-corrected chi connectivity index (χ4v) is 3.39. The molecule has 1 aromatic carbocycles. The van der Waals surface area contributed by atoms with Crippen LogP contribution in [0, 0.1) is 0 Å². The highest BCUT2D eigenvalue weighted by molar-refractivity contribution is 8.26. The Labute approximate surface area is 158 Å². The zero-order valence-electron chi connectivity index (χ0n) is 13.6. The molecule has 2 rings (SSSR count). The molecular weight excluding hydrogens is 382 g/mol. The number of amides is 1. The largest absolute Gasteiger partial charge is 0.493 e. The van der Waals surface area contributed by atoms with Crippen LogP contribution < -0.4 is 9.47 Å². The van der Waals surface area contributed by atoms with Crippen molar-refractivity contribution in [2.75, 3.05) is 20.3 Å². The standard InChI is InChI=1S/C16H15NO7S2/c1-23-11-6-9(2-3-10(11)24-8-14(20)21)7-12-15(22)17(16(25)26-12)5-4-13(18)19/h2-3,6-7H,4-5,8H2,1H3,(H,18,19)(H,20,21)/b12-7-. The first-order valence-corrected chi connectivity index (χ1v) is 8.54. The van der Waals surface area contributed by atoms with Crippen molar-refractivity contribution in [2.24, 2.45) is 0 Å². The molecule has 0 saturated carbocycles. The number of nitrogens with zero attached hydrogens (tertiary/aromatic N) is 1. The normalized spacial score (nSPS) is 15.4. The lowest BCUT2D eigenvalue weighted by Crippen LogP contribution is -2.30. The average Bonchev–Trinajstić information content (AvgIpc) is 2.85. The van der Waals surface area contributed by atoms with Crippen molar-refractivity contribution in [3.63, 3.8) is 0 Å². The van der Waals surface area contributed by atoms with E-state index in [2.05, 4.69) is 0 Å². The van der Waals surface area contributed by atoms with Gasteiger partial charge < -0.3 is 19.7 Å². The van der Waals surface area contributed by atoms with Gasteiger partial charge in [-0.15, -0.1) is 0 Å². The van der Waals surface area contributed by atoms with Crippen LogP contribution in [0.4, 0.5) is 0 Å². The Balaban J connectivity index is 2.18. The van der Waals surface area contributed by atoms with Gasteiger partial charge in [0.05, 0.1) is 18.4 Å². The second kappa shape index (κ2) is 8.68. The molecule has 1 heterocycles. The molecular formula is C16H15NO7S2. The first-order chi connectivity index (χ1) is 12.3. The maximum absolute atomic E-state index is 12.4. The fraction of sp³-hybridized carbons (Fsp3) is 0.250. The minimum Gasteiger partial charge on any atom is -0.493 e. The third-order valence-electron chi connectivity index (χ3n) is 3.26. The monoisotopic (exact) mass is 397 g/mol. The van der Waals surface area contributed by atoms with Crippen LogP contribution in [0.25, 0.3) is 6.08 Å². The number of carboxylic acid groups (broad SMARTS) is 2. The van der Waals surface area contributed by atoms with E-state index < -0.39 is 18.5 Å². The van der Waals surface area contributed by atoms with Gasteiger partial charge in [0.15, 0.2) is 18.1 Å². The number of methoxy groups -OCH3 is 1. The van der Waals surface area contributed by atoms with Crippen LogP contribution in [0.3, 0.4) is 0 Å². The zero-order valence-corrected chi connectivity index (χ0v) is 15.3. The Bertz CT molecular complexity index is 791. The summed E-state index contributed by atoms with van der Waals surface area (Å²) in [7, 11) is 1.41. The lowest BCUT2D eigenvalue weighted by atomic mass is 10.2. The number of benzene rings is 1. The molecule has 0 atom stereocenters. The van der Waals surface area contributed by atoms with Crippen LogP contribution in [0.2, 0.25) is 0 Å². The molecule has 26 heavy (non-hydrogen) atoms. The van der Waals surface area contributed by atoms with Crippen LogP contribution in [0.15, 0.2) is 23.1 Å². The molecule has 1 aliphatic heterocycles. The Morgan fingerprint density at radius 2 is 2.00 bits per heavy atom. The van der Waals surface area contributed by atoms with Gasteiger partial charge in [0.25, 0.3) is 5.91 Å². The highest BCUT2D eigenvalue weighted by atomic mass is 32.2. The maximum atomic E-state index is 12.4. The van der Waals surface area contributed by atoms with Gasteiger partial charge in [-0.05, 0) is 23.8 Å². The van der Waals surface area contributed by atoms with Gasteiger partial charge in [0.1, 0.15) is 4.32 Å². The molecule has 0 aliphatic carbocycles. The first kappa shape index (κ1) is 19.7. The van der Waals surface area contributed by atoms with Crippen molar-refractivity contribution in [3.05, 3.63) is 28.7 Å². The Morgan fingerprint density at radius 3 is 2.62 bits per heavy atom. The van der Waals surface area contributed by atoms with Gasteiger partial charge in [-0.25, -0.2) is 4.79 Å². The number of carboxylic acids is 2. The number of carbonyl (C=O) groups excluding carboxylic acids is 1. The van der Waals surface area contributed by atoms with Gasteiger partial charge in [0.2, 0.25) is 0 Å². The molecule has 1 aromatic rings. The molecule has 10 heteroatoms. The van der Waals surface area contributed by atoms with Crippen LogP contribution in [-0.2, 0) is 14.4 Å². The molecule has 0 radical (unpaired) electrons. The molecule has 1 amide bonds. The number of rotatable bonds is 8.